The van der Waals surface area contributed by atoms with E-state index in [1.165, 1.54) is 117 Å². The molecule has 10 rings (SSSR count). The lowest BCUT2D eigenvalue weighted by Crippen LogP contribution is -2.61. The molecule has 266 valence electrons. The van der Waals surface area contributed by atoms with Crippen LogP contribution in [0.15, 0.2) is 115 Å². The van der Waals surface area contributed by atoms with Gasteiger partial charge in [0.05, 0.1) is 5.69 Å². The third-order valence-corrected chi connectivity index (χ3v) is 13.9. The molecule has 2 nitrogen and oxygen atoms in total. The fourth-order valence-electron chi connectivity index (χ4n) is 9.95. The number of fused-ring (bicyclic) bond motifs is 7. The average Bonchev–Trinajstić information content (AvgIpc) is 3.52. The maximum atomic E-state index is 2.66. The fraction of sp³-hybridized carbons (Fsp3) is 0.240. The van der Waals surface area contributed by atoms with Crippen molar-refractivity contribution in [3.63, 3.8) is 0 Å². The summed E-state index contributed by atoms with van der Waals surface area (Å²) in [6.07, 6.45) is 2.38. The van der Waals surface area contributed by atoms with Crippen LogP contribution in [0.25, 0.3) is 21.2 Å². The molecule has 0 radical (unpaired) electrons. The first-order chi connectivity index (χ1) is 25.9. The van der Waals surface area contributed by atoms with Gasteiger partial charge in [0.15, 0.2) is 0 Å². The molecule has 7 aromatic rings. The third kappa shape index (κ3) is 4.92. The molecule has 6 aromatic carbocycles. The number of anilines is 6. The Morgan fingerprint density at radius 3 is 1.89 bits per heavy atom. The molecule has 0 saturated carbocycles. The summed E-state index contributed by atoms with van der Waals surface area (Å²) in [5, 5.41) is 1.33. The molecule has 0 bridgehead atoms. The first-order valence-electron chi connectivity index (χ1n) is 19.6. The molecule has 0 N–H and O–H groups in total. The zero-order valence-corrected chi connectivity index (χ0v) is 33.6. The predicted octanol–water partition coefficient (Wildman–Crippen LogP) is 12.2. The SMILES string of the molecule is Cc1cc(C)cc(N2c3cc(C)cc4c3B(c3cc5c(cc3N4c3ccc(-c4ccccc4)cc3C)C(C)(C)CCC5(C)C)c3sc4ccccc4c32)c1. The maximum absolute atomic E-state index is 2.66. The van der Waals surface area contributed by atoms with Gasteiger partial charge in [0.25, 0.3) is 6.71 Å². The highest BCUT2D eigenvalue weighted by Crippen LogP contribution is 2.52. The number of hydrogen-bond acceptors (Lipinski definition) is 3. The Bertz CT molecular complexity index is 2660. The van der Waals surface area contributed by atoms with Crippen molar-refractivity contribution in [2.45, 2.75) is 79.1 Å². The summed E-state index contributed by atoms with van der Waals surface area (Å²) in [5.41, 5.74) is 21.4. The molecular weight excluding hydrogens is 671 g/mol. The van der Waals surface area contributed by atoms with Crippen LogP contribution >= 0.6 is 11.3 Å². The van der Waals surface area contributed by atoms with E-state index in [2.05, 4.69) is 180 Å². The van der Waals surface area contributed by atoms with Crippen molar-refractivity contribution in [3.8, 4) is 11.1 Å². The molecule has 2 aliphatic heterocycles. The number of aryl methyl sites for hydroxylation is 4. The second-order valence-electron chi connectivity index (χ2n) is 17.6. The van der Waals surface area contributed by atoms with Gasteiger partial charge in [-0.2, -0.15) is 0 Å². The second-order valence-corrected chi connectivity index (χ2v) is 18.7. The zero-order valence-electron chi connectivity index (χ0n) is 32.8. The Kier molecular flexibility index (Phi) is 7.27. The predicted molar refractivity (Wildman–Crippen MR) is 236 cm³/mol. The Balaban J connectivity index is 1.33. The average molecular weight is 719 g/mol. The number of nitrogens with zero attached hydrogens (tertiary/aromatic N) is 2. The van der Waals surface area contributed by atoms with Crippen LogP contribution in [0.2, 0.25) is 0 Å². The summed E-state index contributed by atoms with van der Waals surface area (Å²) in [6.45, 7) is 19.0. The van der Waals surface area contributed by atoms with Crippen molar-refractivity contribution in [2.24, 2.45) is 0 Å². The van der Waals surface area contributed by atoms with Crippen LogP contribution in [0, 0.1) is 27.7 Å². The normalized spacial score (nSPS) is 16.2. The molecule has 3 aliphatic rings. The summed E-state index contributed by atoms with van der Waals surface area (Å²) in [6, 6.07) is 44.2. The molecule has 3 heterocycles. The lowest BCUT2D eigenvalue weighted by atomic mass is 9.35. The lowest BCUT2D eigenvalue weighted by Gasteiger charge is -2.47. The molecule has 0 amide bonds. The van der Waals surface area contributed by atoms with E-state index in [1.54, 1.807) is 0 Å². The zero-order chi connectivity index (χ0) is 37.3. The molecule has 0 unspecified atom stereocenters. The number of rotatable bonds is 3. The summed E-state index contributed by atoms with van der Waals surface area (Å²) in [7, 11) is 0. The molecule has 1 aliphatic carbocycles. The van der Waals surface area contributed by atoms with E-state index >= 15 is 0 Å². The van der Waals surface area contributed by atoms with Gasteiger partial charge in [-0.25, -0.2) is 0 Å². The molecular formula is C50H47BN2S. The molecule has 0 spiro atoms. The Labute approximate surface area is 325 Å². The summed E-state index contributed by atoms with van der Waals surface area (Å²) in [5.74, 6) is 0. The molecule has 0 atom stereocenters. The minimum atomic E-state index is 0.0883. The van der Waals surface area contributed by atoms with E-state index in [9.17, 15) is 0 Å². The first-order valence-corrected chi connectivity index (χ1v) is 20.4. The van der Waals surface area contributed by atoms with Gasteiger partial charge in [0.2, 0.25) is 0 Å². The highest BCUT2D eigenvalue weighted by molar-refractivity contribution is 7.33. The van der Waals surface area contributed by atoms with Crippen LogP contribution in [0.3, 0.4) is 0 Å². The van der Waals surface area contributed by atoms with Gasteiger partial charge >= 0.3 is 0 Å². The van der Waals surface area contributed by atoms with Crippen LogP contribution in [0.4, 0.5) is 34.1 Å². The van der Waals surface area contributed by atoms with Gasteiger partial charge in [-0.1, -0.05) is 94.4 Å². The van der Waals surface area contributed by atoms with Gasteiger partial charge in [-0.05, 0) is 155 Å². The molecule has 4 heteroatoms. The van der Waals surface area contributed by atoms with E-state index in [0.29, 0.717) is 0 Å². The van der Waals surface area contributed by atoms with E-state index in [4.69, 9.17) is 0 Å². The highest BCUT2D eigenvalue weighted by atomic mass is 32.1. The van der Waals surface area contributed by atoms with Crippen LogP contribution in [-0.4, -0.2) is 6.71 Å². The Hall–Kier alpha value is -5.06. The van der Waals surface area contributed by atoms with Crippen molar-refractivity contribution < 1.29 is 0 Å². The summed E-state index contributed by atoms with van der Waals surface area (Å²) in [4.78, 5) is 5.24. The molecule has 0 fully saturated rings. The second kappa shape index (κ2) is 11.7. The fourth-order valence-corrected chi connectivity index (χ4v) is 11.3. The topological polar surface area (TPSA) is 6.48 Å². The van der Waals surface area contributed by atoms with E-state index in [1.807, 2.05) is 11.3 Å². The largest absolute Gasteiger partial charge is 0.311 e. The summed E-state index contributed by atoms with van der Waals surface area (Å²) < 4.78 is 2.79. The van der Waals surface area contributed by atoms with E-state index in [-0.39, 0.29) is 17.5 Å². The first kappa shape index (κ1) is 33.5. The third-order valence-electron chi connectivity index (χ3n) is 12.7. The number of hydrogen-bond donors (Lipinski definition) is 0. The van der Waals surface area contributed by atoms with Crippen molar-refractivity contribution in [3.05, 3.63) is 149 Å². The Morgan fingerprint density at radius 1 is 0.556 bits per heavy atom. The summed E-state index contributed by atoms with van der Waals surface area (Å²) >= 11 is 1.99. The van der Waals surface area contributed by atoms with Crippen molar-refractivity contribution in [2.75, 3.05) is 9.80 Å². The van der Waals surface area contributed by atoms with Crippen LogP contribution < -0.4 is 25.5 Å². The standard InChI is InChI=1S/C50H47BN2S/c1-30-22-31(2)24-36(23-30)52-43-25-32(3)26-44-46(43)51(48-47(52)37-16-12-13-17-45(37)54-48)40-28-38-39(50(7,8)21-20-49(38,5)6)29-42(40)53(44)41-19-18-35(27-33(41)4)34-14-10-9-11-15-34/h9-19,22-29H,20-21H2,1-8H3. The van der Waals surface area contributed by atoms with Crippen molar-refractivity contribution in [1.29, 1.82) is 0 Å². The van der Waals surface area contributed by atoms with Gasteiger partial charge in [0.1, 0.15) is 0 Å². The quantitative estimate of drug-likeness (QED) is 0.168. The van der Waals surface area contributed by atoms with Crippen LogP contribution in [0.1, 0.15) is 73.9 Å². The number of thiophene rings is 1. The van der Waals surface area contributed by atoms with Crippen LogP contribution in [0.5, 0.6) is 0 Å². The van der Waals surface area contributed by atoms with Gasteiger partial charge in [0, 0.05) is 43.3 Å². The minimum Gasteiger partial charge on any atom is -0.311 e. The molecule has 1 aromatic heterocycles. The highest BCUT2D eigenvalue weighted by Gasteiger charge is 2.47. The van der Waals surface area contributed by atoms with Gasteiger partial charge < -0.3 is 9.80 Å². The number of benzene rings is 6. The van der Waals surface area contributed by atoms with Crippen LogP contribution in [-0.2, 0) is 10.8 Å². The van der Waals surface area contributed by atoms with Crippen molar-refractivity contribution in [1.82, 2.24) is 0 Å². The molecule has 54 heavy (non-hydrogen) atoms. The van der Waals surface area contributed by atoms with Gasteiger partial charge in [-0.15, -0.1) is 11.3 Å². The van der Waals surface area contributed by atoms with Gasteiger partial charge in [-0.3, -0.25) is 0 Å². The van der Waals surface area contributed by atoms with E-state index in [0.717, 1.165) is 0 Å². The lowest BCUT2D eigenvalue weighted by molar-refractivity contribution is 0.332. The van der Waals surface area contributed by atoms with E-state index < -0.39 is 0 Å². The Morgan fingerprint density at radius 2 is 1.19 bits per heavy atom. The minimum absolute atomic E-state index is 0.0883. The smallest absolute Gasteiger partial charge is 0.264 e. The van der Waals surface area contributed by atoms with Crippen molar-refractivity contribution >= 4 is 78.0 Å². The maximum Gasteiger partial charge on any atom is 0.264 e. The monoisotopic (exact) mass is 718 g/mol. The molecule has 0 saturated heterocycles.